The zero-order valence-corrected chi connectivity index (χ0v) is 16.1. The number of rotatable bonds is 7. The van der Waals surface area contributed by atoms with Crippen molar-refractivity contribution in [2.45, 2.75) is 51.7 Å². The second-order valence-corrected chi connectivity index (χ2v) is 6.97. The Morgan fingerprint density at radius 1 is 1.22 bits per heavy atom. The Balaban J connectivity index is 1.70. The monoisotopic (exact) mass is 367 g/mol. The number of carbonyl (C=O) groups is 1. The molecule has 1 aromatic heterocycles. The molecule has 3 rings (SSSR count). The minimum Gasteiger partial charge on any atom is -0.445 e. The highest BCUT2D eigenvalue weighted by Gasteiger charge is 2.31. The number of ether oxygens (including phenoxy) is 1. The standard InChI is InChI=1S/C22H29N3O2/c1-2-3-14-23-21-19(12-9-15-24-21)20-13-7-8-16-25(20)22(26)27-17-18-10-5-4-6-11-18/h4-6,9-12,15,20H,2-3,7-8,13-14,16-17H2,1H3,(H,23,24). The molecule has 0 radical (unpaired) electrons. The third kappa shape index (κ3) is 5.22. The van der Waals surface area contributed by atoms with E-state index in [1.54, 1.807) is 6.20 Å². The van der Waals surface area contributed by atoms with Crippen molar-refractivity contribution in [1.82, 2.24) is 9.88 Å². The van der Waals surface area contributed by atoms with Crippen molar-refractivity contribution < 1.29 is 9.53 Å². The first-order valence-corrected chi connectivity index (χ1v) is 9.95. The number of amides is 1. The van der Waals surface area contributed by atoms with Gasteiger partial charge in [-0.3, -0.25) is 0 Å². The minimum absolute atomic E-state index is 0.0137. The van der Waals surface area contributed by atoms with E-state index >= 15 is 0 Å². The maximum absolute atomic E-state index is 12.8. The number of nitrogens with one attached hydrogen (secondary N) is 1. The van der Waals surface area contributed by atoms with E-state index in [0.29, 0.717) is 6.61 Å². The predicted molar refractivity (Wildman–Crippen MR) is 108 cm³/mol. The molecule has 0 aliphatic carbocycles. The SMILES string of the molecule is CCCCNc1ncccc1C1CCCCN1C(=O)OCc1ccccc1. The van der Waals surface area contributed by atoms with Gasteiger partial charge in [-0.1, -0.05) is 49.7 Å². The first-order chi connectivity index (χ1) is 13.3. The van der Waals surface area contributed by atoms with Crippen molar-refractivity contribution in [2.75, 3.05) is 18.4 Å². The quantitative estimate of drug-likeness (QED) is 0.687. The molecule has 0 saturated carbocycles. The second kappa shape index (κ2) is 9.95. The number of unbranched alkanes of at least 4 members (excludes halogenated alkanes) is 1. The van der Waals surface area contributed by atoms with Gasteiger partial charge in [0.15, 0.2) is 0 Å². The molecule has 1 fully saturated rings. The van der Waals surface area contributed by atoms with Crippen molar-refractivity contribution in [3.8, 4) is 0 Å². The molecular formula is C22H29N3O2. The van der Waals surface area contributed by atoms with Crippen LogP contribution in [0.2, 0.25) is 0 Å². The molecule has 1 unspecified atom stereocenters. The summed E-state index contributed by atoms with van der Waals surface area (Å²) in [6, 6.07) is 13.8. The van der Waals surface area contributed by atoms with Gasteiger partial charge in [-0.2, -0.15) is 0 Å². The van der Waals surface area contributed by atoms with Crippen LogP contribution in [0.5, 0.6) is 0 Å². The van der Waals surface area contributed by atoms with Crippen LogP contribution < -0.4 is 5.32 Å². The topological polar surface area (TPSA) is 54.5 Å². The number of benzene rings is 1. The number of aromatic nitrogens is 1. The first-order valence-electron chi connectivity index (χ1n) is 9.95. The van der Waals surface area contributed by atoms with Crippen LogP contribution in [0.3, 0.4) is 0 Å². The van der Waals surface area contributed by atoms with Crippen LogP contribution in [0, 0.1) is 0 Å². The average molecular weight is 367 g/mol. The van der Waals surface area contributed by atoms with Gasteiger partial charge in [-0.15, -0.1) is 0 Å². The number of nitrogens with zero attached hydrogens (tertiary/aromatic N) is 2. The Morgan fingerprint density at radius 2 is 2.07 bits per heavy atom. The Labute approximate surface area is 161 Å². The maximum atomic E-state index is 12.8. The van der Waals surface area contributed by atoms with Crippen LogP contribution in [-0.4, -0.2) is 29.1 Å². The van der Waals surface area contributed by atoms with Gasteiger partial charge in [0.05, 0.1) is 6.04 Å². The molecule has 1 saturated heterocycles. The summed E-state index contributed by atoms with van der Waals surface area (Å²) in [7, 11) is 0. The number of pyridine rings is 1. The van der Waals surface area contributed by atoms with Crippen molar-refractivity contribution in [3.05, 3.63) is 59.8 Å². The lowest BCUT2D eigenvalue weighted by Gasteiger charge is -2.35. The summed E-state index contributed by atoms with van der Waals surface area (Å²) in [4.78, 5) is 19.2. The van der Waals surface area contributed by atoms with E-state index in [0.717, 1.165) is 62.1 Å². The third-order valence-electron chi connectivity index (χ3n) is 4.96. The molecule has 144 valence electrons. The van der Waals surface area contributed by atoms with Gasteiger partial charge in [0, 0.05) is 24.8 Å². The van der Waals surface area contributed by atoms with Crippen LogP contribution >= 0.6 is 0 Å². The largest absolute Gasteiger partial charge is 0.445 e. The third-order valence-corrected chi connectivity index (χ3v) is 4.96. The van der Waals surface area contributed by atoms with Gasteiger partial charge in [-0.05, 0) is 37.3 Å². The molecule has 1 amide bonds. The maximum Gasteiger partial charge on any atom is 0.410 e. The fraction of sp³-hybridized carbons (Fsp3) is 0.455. The van der Waals surface area contributed by atoms with Gasteiger partial charge in [-0.25, -0.2) is 9.78 Å². The first kappa shape index (κ1) is 19.2. The summed E-state index contributed by atoms with van der Waals surface area (Å²) in [5, 5.41) is 3.44. The molecule has 27 heavy (non-hydrogen) atoms. The number of carbonyl (C=O) groups excluding carboxylic acids is 1. The molecule has 1 aliphatic rings. The minimum atomic E-state index is -0.244. The van der Waals surface area contributed by atoms with Gasteiger partial charge in [0.25, 0.3) is 0 Å². The highest BCUT2D eigenvalue weighted by molar-refractivity contribution is 5.69. The summed E-state index contributed by atoms with van der Waals surface area (Å²) in [6.45, 7) is 4.09. The molecule has 2 heterocycles. The summed E-state index contributed by atoms with van der Waals surface area (Å²) < 4.78 is 5.60. The van der Waals surface area contributed by atoms with E-state index in [1.807, 2.05) is 41.3 Å². The lowest BCUT2D eigenvalue weighted by Crippen LogP contribution is -2.39. The molecule has 1 aromatic carbocycles. The fourth-order valence-electron chi connectivity index (χ4n) is 3.49. The summed E-state index contributed by atoms with van der Waals surface area (Å²) in [5.74, 6) is 0.888. The van der Waals surface area contributed by atoms with Crippen molar-refractivity contribution in [1.29, 1.82) is 0 Å². The second-order valence-electron chi connectivity index (χ2n) is 6.97. The summed E-state index contributed by atoms with van der Waals surface area (Å²) in [5.41, 5.74) is 2.09. The number of hydrogen-bond donors (Lipinski definition) is 1. The molecular weight excluding hydrogens is 338 g/mol. The van der Waals surface area contributed by atoms with Crippen LogP contribution in [0.25, 0.3) is 0 Å². The zero-order valence-electron chi connectivity index (χ0n) is 16.1. The molecule has 1 atom stereocenters. The van der Waals surface area contributed by atoms with Gasteiger partial charge < -0.3 is 15.0 Å². The number of anilines is 1. The van der Waals surface area contributed by atoms with E-state index in [-0.39, 0.29) is 12.1 Å². The van der Waals surface area contributed by atoms with Gasteiger partial charge in [0.2, 0.25) is 0 Å². The van der Waals surface area contributed by atoms with Crippen LogP contribution in [0.15, 0.2) is 48.7 Å². The molecule has 0 spiro atoms. The van der Waals surface area contributed by atoms with Crippen molar-refractivity contribution >= 4 is 11.9 Å². The molecule has 1 N–H and O–H groups in total. The van der Waals surface area contributed by atoms with Crippen molar-refractivity contribution in [3.63, 3.8) is 0 Å². The van der Waals surface area contributed by atoms with E-state index in [1.165, 1.54) is 0 Å². The zero-order chi connectivity index (χ0) is 18.9. The Kier molecular flexibility index (Phi) is 7.08. The van der Waals surface area contributed by atoms with E-state index in [9.17, 15) is 4.79 Å². The fourth-order valence-corrected chi connectivity index (χ4v) is 3.49. The molecule has 1 aliphatic heterocycles. The molecule has 5 heteroatoms. The molecule has 5 nitrogen and oxygen atoms in total. The van der Waals surface area contributed by atoms with Crippen LogP contribution in [0.4, 0.5) is 10.6 Å². The van der Waals surface area contributed by atoms with Crippen LogP contribution in [0.1, 0.15) is 56.2 Å². The van der Waals surface area contributed by atoms with Crippen molar-refractivity contribution in [2.24, 2.45) is 0 Å². The van der Waals surface area contributed by atoms with Gasteiger partial charge in [0.1, 0.15) is 12.4 Å². The normalized spacial score (nSPS) is 16.8. The highest BCUT2D eigenvalue weighted by atomic mass is 16.6. The smallest absolute Gasteiger partial charge is 0.410 e. The number of likely N-dealkylation sites (tertiary alicyclic amines) is 1. The number of hydrogen-bond acceptors (Lipinski definition) is 4. The average Bonchev–Trinajstić information content (AvgIpc) is 2.73. The summed E-state index contributed by atoms with van der Waals surface area (Å²) in [6.07, 6.45) is 6.85. The highest BCUT2D eigenvalue weighted by Crippen LogP contribution is 2.34. The molecule has 2 aromatic rings. The predicted octanol–water partition coefficient (Wildman–Crippen LogP) is 5.16. The Bertz CT molecular complexity index is 721. The van der Waals surface area contributed by atoms with E-state index in [2.05, 4.69) is 23.3 Å². The molecule has 0 bridgehead atoms. The van der Waals surface area contributed by atoms with Crippen LogP contribution in [-0.2, 0) is 11.3 Å². The lowest BCUT2D eigenvalue weighted by molar-refractivity contribution is 0.0680. The Hall–Kier alpha value is -2.56. The van der Waals surface area contributed by atoms with E-state index < -0.39 is 0 Å². The number of piperidine rings is 1. The van der Waals surface area contributed by atoms with Gasteiger partial charge >= 0.3 is 6.09 Å². The van der Waals surface area contributed by atoms with E-state index in [4.69, 9.17) is 4.74 Å². The Morgan fingerprint density at radius 3 is 2.89 bits per heavy atom. The summed E-state index contributed by atoms with van der Waals surface area (Å²) >= 11 is 0. The lowest BCUT2D eigenvalue weighted by atomic mass is 9.96.